The topological polar surface area (TPSA) is 69.6 Å². The highest BCUT2D eigenvalue weighted by atomic mass is 19.2. The van der Waals surface area contributed by atoms with Gasteiger partial charge in [-0.1, -0.05) is 19.3 Å². The van der Waals surface area contributed by atoms with E-state index in [0.717, 1.165) is 25.3 Å². The van der Waals surface area contributed by atoms with Gasteiger partial charge in [-0.15, -0.1) is 0 Å². The molecule has 1 aliphatic rings. The second-order valence-corrected chi connectivity index (χ2v) is 5.05. The maximum absolute atomic E-state index is 13.8. The van der Waals surface area contributed by atoms with E-state index in [0.29, 0.717) is 12.8 Å². The molecular weight excluding hydrogens is 268 g/mol. The lowest BCUT2D eigenvalue weighted by atomic mass is 10.1. The minimum atomic E-state index is -1.51. The van der Waals surface area contributed by atoms with Gasteiger partial charge in [0.1, 0.15) is 0 Å². The summed E-state index contributed by atoms with van der Waals surface area (Å²) in [5.41, 5.74) is -0.812. The van der Waals surface area contributed by atoms with Crippen LogP contribution in [0.1, 0.15) is 42.5 Å². The number of carboxylic acid groups (broad SMARTS) is 1. The van der Waals surface area contributed by atoms with Crippen LogP contribution in [0.4, 0.5) is 14.5 Å². The number of aliphatic hydroxyl groups is 1. The molecule has 110 valence electrons. The SMILES string of the molecule is O=C(O)c1ccc(NC2CCCCCC2O)c(F)c1F. The molecule has 1 fully saturated rings. The number of rotatable bonds is 3. The van der Waals surface area contributed by atoms with Crippen LogP contribution in [0.2, 0.25) is 0 Å². The first-order valence-electron chi connectivity index (χ1n) is 6.66. The summed E-state index contributed by atoms with van der Waals surface area (Å²) in [4.78, 5) is 10.7. The Bertz CT molecular complexity index is 507. The summed E-state index contributed by atoms with van der Waals surface area (Å²) >= 11 is 0. The summed E-state index contributed by atoms with van der Waals surface area (Å²) in [5, 5.41) is 21.4. The van der Waals surface area contributed by atoms with Crippen LogP contribution in [-0.2, 0) is 0 Å². The van der Waals surface area contributed by atoms with Gasteiger partial charge in [-0.2, -0.15) is 0 Å². The van der Waals surface area contributed by atoms with Gasteiger partial charge in [0.05, 0.1) is 23.4 Å². The lowest BCUT2D eigenvalue weighted by Gasteiger charge is -2.23. The van der Waals surface area contributed by atoms with Crippen molar-refractivity contribution in [2.45, 2.75) is 44.2 Å². The molecule has 0 aliphatic heterocycles. The Morgan fingerprint density at radius 2 is 1.85 bits per heavy atom. The van der Waals surface area contributed by atoms with Crippen LogP contribution in [0, 0.1) is 11.6 Å². The summed E-state index contributed by atoms with van der Waals surface area (Å²) in [6.07, 6.45) is 3.50. The minimum absolute atomic E-state index is 0.113. The molecule has 4 nitrogen and oxygen atoms in total. The maximum Gasteiger partial charge on any atom is 0.338 e. The molecule has 0 heterocycles. The first-order valence-corrected chi connectivity index (χ1v) is 6.66. The van der Waals surface area contributed by atoms with Gasteiger partial charge in [0.15, 0.2) is 11.6 Å². The predicted molar refractivity (Wildman–Crippen MR) is 69.8 cm³/mol. The quantitative estimate of drug-likeness (QED) is 0.747. The Balaban J connectivity index is 2.21. The van der Waals surface area contributed by atoms with Crippen LogP contribution in [-0.4, -0.2) is 28.3 Å². The molecular formula is C14H17F2NO3. The van der Waals surface area contributed by atoms with Crippen molar-refractivity contribution < 1.29 is 23.8 Å². The highest BCUT2D eigenvalue weighted by Gasteiger charge is 2.24. The van der Waals surface area contributed by atoms with E-state index >= 15 is 0 Å². The molecule has 20 heavy (non-hydrogen) atoms. The fourth-order valence-corrected chi connectivity index (χ4v) is 2.48. The third-order valence-electron chi connectivity index (χ3n) is 3.63. The fourth-order valence-electron chi connectivity index (χ4n) is 2.48. The number of halogens is 2. The summed E-state index contributed by atoms with van der Waals surface area (Å²) < 4.78 is 27.4. The Hall–Kier alpha value is -1.69. The second kappa shape index (κ2) is 6.17. The smallest absolute Gasteiger partial charge is 0.338 e. The van der Waals surface area contributed by atoms with E-state index in [2.05, 4.69) is 5.32 Å². The van der Waals surface area contributed by atoms with Crippen molar-refractivity contribution in [1.29, 1.82) is 0 Å². The Morgan fingerprint density at radius 1 is 1.15 bits per heavy atom. The van der Waals surface area contributed by atoms with Crippen molar-refractivity contribution in [3.63, 3.8) is 0 Å². The normalized spacial score (nSPS) is 23.1. The number of aromatic carboxylic acids is 1. The van der Waals surface area contributed by atoms with Gasteiger partial charge >= 0.3 is 5.97 Å². The first-order chi connectivity index (χ1) is 9.50. The van der Waals surface area contributed by atoms with Gasteiger partial charge in [0.25, 0.3) is 0 Å². The molecule has 2 atom stereocenters. The van der Waals surface area contributed by atoms with E-state index < -0.39 is 29.3 Å². The number of carbonyl (C=O) groups is 1. The van der Waals surface area contributed by atoms with E-state index in [9.17, 15) is 18.7 Å². The molecule has 2 unspecified atom stereocenters. The largest absolute Gasteiger partial charge is 0.478 e. The summed E-state index contributed by atoms with van der Waals surface area (Å²) in [7, 11) is 0. The summed E-state index contributed by atoms with van der Waals surface area (Å²) in [5.74, 6) is -4.12. The van der Waals surface area contributed by atoms with Gasteiger partial charge in [0.2, 0.25) is 0 Å². The van der Waals surface area contributed by atoms with Crippen molar-refractivity contribution >= 4 is 11.7 Å². The average molecular weight is 285 g/mol. The zero-order valence-electron chi connectivity index (χ0n) is 10.9. The molecule has 1 saturated carbocycles. The van der Waals surface area contributed by atoms with Crippen LogP contribution >= 0.6 is 0 Å². The fraction of sp³-hybridized carbons (Fsp3) is 0.500. The van der Waals surface area contributed by atoms with E-state index in [-0.39, 0.29) is 11.7 Å². The molecule has 0 bridgehead atoms. The molecule has 3 N–H and O–H groups in total. The maximum atomic E-state index is 13.8. The first kappa shape index (κ1) is 14.7. The standard InChI is InChI=1S/C14H17F2NO3/c15-12-8(14(19)20)6-7-10(13(12)16)17-9-4-2-1-3-5-11(9)18/h6-7,9,11,17-18H,1-5H2,(H,19,20). The third kappa shape index (κ3) is 3.07. The van der Waals surface area contributed by atoms with E-state index in [1.54, 1.807) is 0 Å². The predicted octanol–water partition coefficient (Wildman–Crippen LogP) is 2.77. The van der Waals surface area contributed by atoms with Gasteiger partial charge in [0, 0.05) is 0 Å². The van der Waals surface area contributed by atoms with Crippen LogP contribution in [0.15, 0.2) is 12.1 Å². The Labute approximate surface area is 115 Å². The van der Waals surface area contributed by atoms with Crippen molar-refractivity contribution in [3.05, 3.63) is 29.3 Å². The number of benzene rings is 1. The molecule has 1 aliphatic carbocycles. The van der Waals surface area contributed by atoms with Crippen molar-refractivity contribution in [2.75, 3.05) is 5.32 Å². The molecule has 0 saturated heterocycles. The highest BCUT2D eigenvalue weighted by Crippen LogP contribution is 2.25. The second-order valence-electron chi connectivity index (χ2n) is 5.05. The van der Waals surface area contributed by atoms with Crippen molar-refractivity contribution in [1.82, 2.24) is 0 Å². The number of hydrogen-bond donors (Lipinski definition) is 3. The summed E-state index contributed by atoms with van der Waals surface area (Å²) in [6.45, 7) is 0. The van der Waals surface area contributed by atoms with Crippen LogP contribution < -0.4 is 5.32 Å². The molecule has 0 spiro atoms. The van der Waals surface area contributed by atoms with E-state index in [1.807, 2.05) is 0 Å². The number of aliphatic hydroxyl groups excluding tert-OH is 1. The molecule has 1 aromatic carbocycles. The molecule has 0 amide bonds. The Kier molecular flexibility index (Phi) is 4.54. The zero-order valence-corrected chi connectivity index (χ0v) is 10.9. The third-order valence-corrected chi connectivity index (χ3v) is 3.63. The average Bonchev–Trinajstić information content (AvgIpc) is 2.60. The minimum Gasteiger partial charge on any atom is -0.478 e. The monoisotopic (exact) mass is 285 g/mol. The van der Waals surface area contributed by atoms with Crippen molar-refractivity contribution in [3.8, 4) is 0 Å². The van der Waals surface area contributed by atoms with Gasteiger partial charge in [-0.25, -0.2) is 13.6 Å². The number of hydrogen-bond acceptors (Lipinski definition) is 3. The van der Waals surface area contributed by atoms with Crippen LogP contribution in [0.3, 0.4) is 0 Å². The van der Waals surface area contributed by atoms with E-state index in [1.165, 1.54) is 6.07 Å². The number of nitrogens with one attached hydrogen (secondary N) is 1. The van der Waals surface area contributed by atoms with Gasteiger partial charge < -0.3 is 15.5 Å². The van der Waals surface area contributed by atoms with Crippen LogP contribution in [0.25, 0.3) is 0 Å². The van der Waals surface area contributed by atoms with Gasteiger partial charge in [-0.05, 0) is 25.0 Å². The van der Waals surface area contributed by atoms with Crippen LogP contribution in [0.5, 0.6) is 0 Å². The molecule has 6 heteroatoms. The molecule has 0 radical (unpaired) electrons. The lowest BCUT2D eigenvalue weighted by molar-refractivity contribution is 0.0690. The molecule has 1 aromatic rings. The number of carboxylic acids is 1. The van der Waals surface area contributed by atoms with E-state index in [4.69, 9.17) is 5.11 Å². The highest BCUT2D eigenvalue weighted by molar-refractivity contribution is 5.88. The lowest BCUT2D eigenvalue weighted by Crippen LogP contribution is -2.33. The molecule has 2 rings (SSSR count). The number of anilines is 1. The summed E-state index contributed by atoms with van der Waals surface area (Å²) in [6, 6.07) is 1.87. The molecule has 0 aromatic heterocycles. The Morgan fingerprint density at radius 3 is 2.55 bits per heavy atom. The van der Waals surface area contributed by atoms with Crippen molar-refractivity contribution in [2.24, 2.45) is 0 Å². The van der Waals surface area contributed by atoms with Gasteiger partial charge in [-0.3, -0.25) is 0 Å². The zero-order chi connectivity index (χ0) is 14.7.